The summed E-state index contributed by atoms with van der Waals surface area (Å²) in [5.74, 6) is 0.863. The predicted octanol–water partition coefficient (Wildman–Crippen LogP) is 1.70. The molecule has 1 atom stereocenters. The van der Waals surface area contributed by atoms with E-state index >= 15 is 0 Å². The van der Waals surface area contributed by atoms with E-state index in [9.17, 15) is 4.79 Å². The van der Waals surface area contributed by atoms with Gasteiger partial charge in [0.15, 0.2) is 0 Å². The summed E-state index contributed by atoms with van der Waals surface area (Å²) in [5, 5.41) is 0. The molecule has 0 aliphatic heterocycles. The maximum Gasteiger partial charge on any atom is 0.305 e. The van der Waals surface area contributed by atoms with Gasteiger partial charge in [-0.1, -0.05) is 32.1 Å². The highest BCUT2D eigenvalue weighted by atomic mass is 16.5. The summed E-state index contributed by atoms with van der Waals surface area (Å²) in [7, 11) is 1.44. The van der Waals surface area contributed by atoms with Crippen molar-refractivity contribution in [1.82, 2.24) is 0 Å². The Bertz CT molecular complexity index is 176. The minimum Gasteiger partial charge on any atom is -0.469 e. The van der Waals surface area contributed by atoms with Crippen LogP contribution in [-0.4, -0.2) is 19.6 Å². The minimum atomic E-state index is -0.119. The quantitative estimate of drug-likeness (QED) is 0.701. The van der Waals surface area contributed by atoms with Crippen LogP contribution in [0.1, 0.15) is 38.5 Å². The predicted molar refractivity (Wildman–Crippen MR) is 55.8 cm³/mol. The Morgan fingerprint density at radius 2 is 2.07 bits per heavy atom. The Kier molecular flexibility index (Phi) is 4.94. The van der Waals surface area contributed by atoms with Gasteiger partial charge < -0.3 is 10.5 Å². The fourth-order valence-corrected chi connectivity index (χ4v) is 2.35. The third kappa shape index (κ3) is 3.29. The number of rotatable bonds is 4. The maximum atomic E-state index is 11.1. The number of methoxy groups -OCH3 is 1. The Balaban J connectivity index is 2.39. The smallest absolute Gasteiger partial charge is 0.305 e. The fraction of sp³-hybridized carbons (Fsp3) is 0.909. The van der Waals surface area contributed by atoms with Crippen molar-refractivity contribution >= 4 is 5.97 Å². The molecule has 0 aromatic carbocycles. The third-order valence-electron chi connectivity index (χ3n) is 3.28. The lowest BCUT2D eigenvalue weighted by Gasteiger charge is -2.28. The average Bonchev–Trinajstić information content (AvgIpc) is 2.26. The standard InChI is InChI=1S/C11H21NO2/c1-14-11(13)7-10(8-12)9-5-3-2-4-6-9/h9-10H,2-8,12H2,1H3. The van der Waals surface area contributed by atoms with Gasteiger partial charge in [0.25, 0.3) is 0 Å². The van der Waals surface area contributed by atoms with Crippen LogP contribution in [0.25, 0.3) is 0 Å². The van der Waals surface area contributed by atoms with Gasteiger partial charge in [0.2, 0.25) is 0 Å². The molecule has 0 bridgehead atoms. The van der Waals surface area contributed by atoms with E-state index in [2.05, 4.69) is 4.74 Å². The van der Waals surface area contributed by atoms with E-state index in [-0.39, 0.29) is 5.97 Å². The van der Waals surface area contributed by atoms with Gasteiger partial charge in [-0.15, -0.1) is 0 Å². The molecule has 0 heterocycles. The van der Waals surface area contributed by atoms with E-state index in [0.717, 1.165) is 0 Å². The SMILES string of the molecule is COC(=O)CC(CN)C1CCCCC1. The van der Waals surface area contributed by atoms with Crippen molar-refractivity contribution in [2.24, 2.45) is 17.6 Å². The van der Waals surface area contributed by atoms with Crippen molar-refractivity contribution in [3.05, 3.63) is 0 Å². The number of nitrogens with two attached hydrogens (primary N) is 1. The van der Waals surface area contributed by atoms with E-state index in [1.807, 2.05) is 0 Å². The lowest BCUT2D eigenvalue weighted by molar-refractivity contribution is -0.142. The molecule has 1 aliphatic rings. The topological polar surface area (TPSA) is 52.3 Å². The van der Waals surface area contributed by atoms with Crippen LogP contribution in [-0.2, 0) is 9.53 Å². The monoisotopic (exact) mass is 199 g/mol. The van der Waals surface area contributed by atoms with Gasteiger partial charge in [0.1, 0.15) is 0 Å². The zero-order chi connectivity index (χ0) is 10.4. The second kappa shape index (κ2) is 6.02. The van der Waals surface area contributed by atoms with Gasteiger partial charge in [0.05, 0.1) is 7.11 Å². The molecule has 1 aliphatic carbocycles. The van der Waals surface area contributed by atoms with Crippen LogP contribution in [0, 0.1) is 11.8 Å². The molecule has 82 valence electrons. The summed E-state index contributed by atoms with van der Waals surface area (Å²) < 4.78 is 4.68. The number of esters is 1. The summed E-state index contributed by atoms with van der Waals surface area (Å²) >= 11 is 0. The molecule has 14 heavy (non-hydrogen) atoms. The normalized spacial score (nSPS) is 20.4. The second-order valence-electron chi connectivity index (χ2n) is 4.17. The fourth-order valence-electron chi connectivity index (χ4n) is 2.35. The summed E-state index contributed by atoms with van der Waals surface area (Å²) in [4.78, 5) is 11.1. The van der Waals surface area contributed by atoms with Gasteiger partial charge in [0, 0.05) is 6.42 Å². The number of carbonyl (C=O) groups is 1. The molecule has 1 fully saturated rings. The molecular formula is C11H21NO2. The summed E-state index contributed by atoms with van der Waals surface area (Å²) in [6, 6.07) is 0. The Hall–Kier alpha value is -0.570. The van der Waals surface area contributed by atoms with Crippen molar-refractivity contribution in [3.8, 4) is 0 Å². The van der Waals surface area contributed by atoms with Gasteiger partial charge >= 0.3 is 5.97 Å². The Labute approximate surface area is 86.0 Å². The van der Waals surface area contributed by atoms with Crippen LogP contribution in [0.4, 0.5) is 0 Å². The summed E-state index contributed by atoms with van der Waals surface area (Å²) in [5.41, 5.74) is 5.70. The van der Waals surface area contributed by atoms with Crippen LogP contribution >= 0.6 is 0 Å². The highest BCUT2D eigenvalue weighted by Gasteiger charge is 2.24. The molecule has 0 radical (unpaired) electrons. The zero-order valence-electron chi connectivity index (χ0n) is 9.00. The first-order valence-electron chi connectivity index (χ1n) is 5.54. The summed E-state index contributed by atoms with van der Waals surface area (Å²) in [6.45, 7) is 0.611. The molecule has 1 unspecified atom stereocenters. The number of ether oxygens (including phenoxy) is 1. The lowest BCUT2D eigenvalue weighted by atomic mass is 9.78. The molecular weight excluding hydrogens is 178 g/mol. The largest absolute Gasteiger partial charge is 0.469 e. The molecule has 3 nitrogen and oxygen atoms in total. The Morgan fingerprint density at radius 1 is 1.43 bits per heavy atom. The molecule has 0 amide bonds. The summed E-state index contributed by atoms with van der Waals surface area (Å²) in [6.07, 6.45) is 6.89. The van der Waals surface area contributed by atoms with E-state index in [0.29, 0.717) is 24.8 Å². The molecule has 1 saturated carbocycles. The van der Waals surface area contributed by atoms with Gasteiger partial charge in [-0.2, -0.15) is 0 Å². The zero-order valence-corrected chi connectivity index (χ0v) is 9.00. The molecule has 2 N–H and O–H groups in total. The number of hydrogen-bond acceptors (Lipinski definition) is 3. The third-order valence-corrected chi connectivity index (χ3v) is 3.28. The van der Waals surface area contributed by atoms with Crippen LogP contribution < -0.4 is 5.73 Å². The van der Waals surface area contributed by atoms with E-state index in [4.69, 9.17) is 5.73 Å². The number of carbonyl (C=O) groups excluding carboxylic acids is 1. The highest BCUT2D eigenvalue weighted by molar-refractivity contribution is 5.69. The van der Waals surface area contributed by atoms with Crippen LogP contribution in [0.3, 0.4) is 0 Å². The molecule has 1 rings (SSSR count). The first kappa shape index (κ1) is 11.5. The molecule has 0 spiro atoms. The molecule has 0 aromatic heterocycles. The first-order chi connectivity index (χ1) is 6.77. The van der Waals surface area contributed by atoms with Crippen molar-refractivity contribution < 1.29 is 9.53 Å². The van der Waals surface area contributed by atoms with Gasteiger partial charge in [-0.3, -0.25) is 4.79 Å². The lowest BCUT2D eigenvalue weighted by Crippen LogP contribution is -2.28. The Morgan fingerprint density at radius 3 is 2.57 bits per heavy atom. The minimum absolute atomic E-state index is 0.119. The molecule has 0 saturated heterocycles. The first-order valence-corrected chi connectivity index (χ1v) is 5.54. The van der Waals surface area contributed by atoms with Crippen LogP contribution in [0.15, 0.2) is 0 Å². The molecule has 3 heteroatoms. The molecule has 0 aromatic rings. The van der Waals surface area contributed by atoms with Crippen LogP contribution in [0.2, 0.25) is 0 Å². The van der Waals surface area contributed by atoms with Crippen molar-refractivity contribution in [2.45, 2.75) is 38.5 Å². The van der Waals surface area contributed by atoms with Gasteiger partial charge in [-0.25, -0.2) is 0 Å². The van der Waals surface area contributed by atoms with Gasteiger partial charge in [-0.05, 0) is 18.4 Å². The van der Waals surface area contributed by atoms with E-state index < -0.39 is 0 Å². The van der Waals surface area contributed by atoms with Crippen molar-refractivity contribution in [1.29, 1.82) is 0 Å². The van der Waals surface area contributed by atoms with E-state index in [1.54, 1.807) is 0 Å². The number of hydrogen-bond donors (Lipinski definition) is 1. The van der Waals surface area contributed by atoms with Crippen molar-refractivity contribution in [3.63, 3.8) is 0 Å². The van der Waals surface area contributed by atoms with E-state index in [1.165, 1.54) is 39.2 Å². The highest BCUT2D eigenvalue weighted by Crippen LogP contribution is 2.31. The van der Waals surface area contributed by atoms with Crippen molar-refractivity contribution in [2.75, 3.05) is 13.7 Å². The average molecular weight is 199 g/mol. The maximum absolute atomic E-state index is 11.1. The second-order valence-corrected chi connectivity index (χ2v) is 4.17. The van der Waals surface area contributed by atoms with Crippen LogP contribution in [0.5, 0.6) is 0 Å².